The molecule has 0 atom stereocenters. The molecule has 3 nitrogen and oxygen atoms in total. The highest BCUT2D eigenvalue weighted by atomic mass is 32.2. The van der Waals surface area contributed by atoms with Gasteiger partial charge in [0, 0.05) is 0 Å². The number of hydrogen-bond donors (Lipinski definition) is 1. The fraction of sp³-hybridized carbons (Fsp3) is 0. The van der Waals surface area contributed by atoms with Gasteiger partial charge in [-0.15, -0.1) is 0 Å². The maximum absolute atomic E-state index is 13.7. The molecule has 0 aromatic heterocycles. The zero-order valence-corrected chi connectivity index (χ0v) is 12.9. The molecule has 1 amide bonds. The lowest BCUT2D eigenvalue weighted by atomic mass is 10.1. The largest absolute Gasteiger partial charge is 0.300 e. The van der Waals surface area contributed by atoms with E-state index in [1.54, 1.807) is 30.3 Å². The second kappa shape index (κ2) is 6.67. The molecule has 128 valence electrons. The van der Waals surface area contributed by atoms with Crippen molar-refractivity contribution in [3.63, 3.8) is 0 Å². The number of hydrogen-bond acceptors (Lipinski definition) is 3. The SMILES string of the molecule is O=C1NC(=Nc2ccccc2)SC1=Cc1c(F)c(F)c(F)c(F)c1F. The average molecular weight is 370 g/mol. The minimum Gasteiger partial charge on any atom is -0.300 e. The van der Waals surface area contributed by atoms with Crippen molar-refractivity contribution in [3.05, 3.63) is 69.9 Å². The molecule has 1 N–H and O–H groups in total. The zero-order chi connectivity index (χ0) is 18.1. The summed E-state index contributed by atoms with van der Waals surface area (Å²) >= 11 is 0.720. The van der Waals surface area contributed by atoms with Gasteiger partial charge in [0.25, 0.3) is 5.91 Å². The molecule has 0 aliphatic carbocycles. The molecule has 0 bridgehead atoms. The standard InChI is InChI=1S/C16H7F5N2OS/c17-10-8(11(18)13(20)14(21)12(10)19)6-9-15(24)23-16(25-9)22-7-4-2-1-3-5-7/h1-6H,(H,22,23,24). The van der Waals surface area contributed by atoms with Crippen LogP contribution in [0.4, 0.5) is 27.6 Å². The van der Waals surface area contributed by atoms with Crippen molar-refractivity contribution in [2.24, 2.45) is 4.99 Å². The lowest BCUT2D eigenvalue weighted by Gasteiger charge is -2.04. The highest BCUT2D eigenvalue weighted by Gasteiger charge is 2.28. The molecule has 1 saturated heterocycles. The van der Waals surface area contributed by atoms with Crippen LogP contribution in [0.1, 0.15) is 5.56 Å². The Labute approximate surface area is 142 Å². The summed E-state index contributed by atoms with van der Waals surface area (Å²) < 4.78 is 66.9. The van der Waals surface area contributed by atoms with Crippen LogP contribution in [-0.4, -0.2) is 11.1 Å². The van der Waals surface area contributed by atoms with Gasteiger partial charge in [-0.05, 0) is 30.0 Å². The van der Waals surface area contributed by atoms with Crippen LogP contribution in [0.25, 0.3) is 6.08 Å². The van der Waals surface area contributed by atoms with Gasteiger partial charge in [0.05, 0.1) is 16.2 Å². The Morgan fingerprint density at radius 2 is 1.44 bits per heavy atom. The Bertz CT molecular complexity index is 899. The van der Waals surface area contributed by atoms with Gasteiger partial charge in [-0.25, -0.2) is 26.9 Å². The fourth-order valence-electron chi connectivity index (χ4n) is 1.98. The molecule has 0 unspecified atom stereocenters. The lowest BCUT2D eigenvalue weighted by molar-refractivity contribution is -0.115. The number of para-hydroxylation sites is 1. The average Bonchev–Trinajstić information content (AvgIpc) is 2.95. The van der Waals surface area contributed by atoms with E-state index in [0.717, 1.165) is 11.8 Å². The number of halogens is 5. The van der Waals surface area contributed by atoms with Crippen molar-refractivity contribution < 1.29 is 26.7 Å². The first kappa shape index (κ1) is 17.2. The third kappa shape index (κ3) is 3.27. The summed E-state index contributed by atoms with van der Waals surface area (Å²) in [5.41, 5.74) is -0.669. The quantitative estimate of drug-likeness (QED) is 0.371. The summed E-state index contributed by atoms with van der Waals surface area (Å²) in [5, 5.41) is 2.47. The van der Waals surface area contributed by atoms with Gasteiger partial charge in [0.2, 0.25) is 5.82 Å². The molecule has 0 saturated carbocycles. The smallest absolute Gasteiger partial charge is 0.264 e. The molecular formula is C16H7F5N2OS. The van der Waals surface area contributed by atoms with Crippen LogP contribution in [-0.2, 0) is 4.79 Å². The van der Waals surface area contributed by atoms with Gasteiger partial charge in [-0.2, -0.15) is 0 Å². The van der Waals surface area contributed by atoms with Crippen molar-refractivity contribution in [1.82, 2.24) is 5.32 Å². The van der Waals surface area contributed by atoms with Crippen LogP contribution in [0.15, 0.2) is 40.2 Å². The summed E-state index contributed by atoms with van der Waals surface area (Å²) in [6, 6.07) is 8.51. The molecule has 1 aliphatic rings. The second-order valence-corrected chi connectivity index (χ2v) is 5.83. The number of carbonyl (C=O) groups is 1. The van der Waals surface area contributed by atoms with E-state index in [2.05, 4.69) is 10.3 Å². The Kier molecular flexibility index (Phi) is 4.58. The molecule has 2 aromatic carbocycles. The molecule has 0 spiro atoms. The predicted octanol–water partition coefficient (Wildman–Crippen LogP) is 4.27. The highest BCUT2D eigenvalue weighted by molar-refractivity contribution is 8.18. The Hall–Kier alpha value is -2.68. The summed E-state index contributed by atoms with van der Waals surface area (Å²) in [4.78, 5) is 15.7. The molecule has 1 fully saturated rings. The Morgan fingerprint density at radius 1 is 0.880 bits per heavy atom. The van der Waals surface area contributed by atoms with Gasteiger partial charge in [0.1, 0.15) is 0 Å². The first-order valence-corrected chi connectivity index (χ1v) is 7.56. The minimum atomic E-state index is -2.26. The maximum atomic E-state index is 13.7. The van der Waals surface area contributed by atoms with Gasteiger partial charge >= 0.3 is 0 Å². The first-order valence-electron chi connectivity index (χ1n) is 6.74. The predicted molar refractivity (Wildman–Crippen MR) is 83.5 cm³/mol. The summed E-state index contributed by atoms with van der Waals surface area (Å²) in [6.45, 7) is 0. The number of aliphatic imine (C=N–C) groups is 1. The maximum Gasteiger partial charge on any atom is 0.264 e. The lowest BCUT2D eigenvalue weighted by Crippen LogP contribution is -2.19. The number of thioether (sulfide) groups is 1. The van der Waals surface area contributed by atoms with Gasteiger partial charge in [0.15, 0.2) is 28.4 Å². The third-order valence-electron chi connectivity index (χ3n) is 3.16. The molecular weight excluding hydrogens is 363 g/mol. The van der Waals surface area contributed by atoms with Gasteiger partial charge < -0.3 is 5.32 Å². The molecule has 2 aromatic rings. The second-order valence-electron chi connectivity index (χ2n) is 4.80. The first-order chi connectivity index (χ1) is 11.9. The molecule has 3 rings (SSSR count). The topological polar surface area (TPSA) is 41.5 Å². The van der Waals surface area contributed by atoms with E-state index in [9.17, 15) is 26.7 Å². The van der Waals surface area contributed by atoms with Crippen LogP contribution >= 0.6 is 11.8 Å². The van der Waals surface area contributed by atoms with E-state index in [4.69, 9.17) is 0 Å². The number of nitrogens with one attached hydrogen (secondary N) is 1. The number of nitrogens with zero attached hydrogens (tertiary/aromatic N) is 1. The Balaban J connectivity index is 1.98. The van der Waals surface area contributed by atoms with Crippen LogP contribution in [0, 0.1) is 29.1 Å². The van der Waals surface area contributed by atoms with Crippen molar-refractivity contribution in [2.45, 2.75) is 0 Å². The van der Waals surface area contributed by atoms with E-state index in [-0.39, 0.29) is 10.1 Å². The summed E-state index contributed by atoms with van der Waals surface area (Å²) in [5.74, 6) is -11.2. The van der Waals surface area contributed by atoms with Crippen molar-refractivity contribution >= 4 is 34.6 Å². The normalized spacial score (nSPS) is 17.4. The van der Waals surface area contributed by atoms with Crippen molar-refractivity contribution in [1.29, 1.82) is 0 Å². The molecule has 1 aliphatic heterocycles. The number of carbonyl (C=O) groups excluding carboxylic acids is 1. The third-order valence-corrected chi connectivity index (χ3v) is 4.07. The van der Waals surface area contributed by atoms with E-state index >= 15 is 0 Å². The molecule has 25 heavy (non-hydrogen) atoms. The van der Waals surface area contributed by atoms with Crippen LogP contribution < -0.4 is 5.32 Å². The monoisotopic (exact) mass is 370 g/mol. The summed E-state index contributed by atoms with van der Waals surface area (Å²) in [7, 11) is 0. The zero-order valence-electron chi connectivity index (χ0n) is 12.1. The van der Waals surface area contributed by atoms with Crippen molar-refractivity contribution in [3.8, 4) is 0 Å². The highest BCUT2D eigenvalue weighted by Crippen LogP contribution is 2.31. The van der Waals surface area contributed by atoms with E-state index < -0.39 is 40.6 Å². The Morgan fingerprint density at radius 3 is 2.04 bits per heavy atom. The van der Waals surface area contributed by atoms with E-state index in [1.807, 2.05) is 0 Å². The van der Waals surface area contributed by atoms with Crippen LogP contribution in [0.3, 0.4) is 0 Å². The molecule has 0 radical (unpaired) electrons. The summed E-state index contributed by atoms with van der Waals surface area (Å²) in [6.07, 6.45) is 0.601. The van der Waals surface area contributed by atoms with Gasteiger partial charge in [-0.1, -0.05) is 18.2 Å². The fourth-order valence-corrected chi connectivity index (χ4v) is 2.80. The van der Waals surface area contributed by atoms with Gasteiger partial charge in [-0.3, -0.25) is 4.79 Å². The molecule has 1 heterocycles. The van der Waals surface area contributed by atoms with E-state index in [1.165, 1.54) is 0 Å². The number of amidine groups is 1. The number of amides is 1. The van der Waals surface area contributed by atoms with Crippen LogP contribution in [0.2, 0.25) is 0 Å². The van der Waals surface area contributed by atoms with Crippen molar-refractivity contribution in [2.75, 3.05) is 0 Å². The number of rotatable bonds is 2. The molecule has 9 heteroatoms. The minimum absolute atomic E-state index is 0.117. The van der Waals surface area contributed by atoms with Crippen LogP contribution in [0.5, 0.6) is 0 Å². The van der Waals surface area contributed by atoms with E-state index in [0.29, 0.717) is 11.8 Å². The number of benzene rings is 2.